The average molecular weight is 259 g/mol. The minimum atomic E-state index is -4.31. The van der Waals surface area contributed by atoms with Gasteiger partial charge in [-0.15, -0.1) is 0 Å². The molecule has 0 aromatic heterocycles. The van der Waals surface area contributed by atoms with Crippen LogP contribution in [0.3, 0.4) is 0 Å². The van der Waals surface area contributed by atoms with E-state index in [0.29, 0.717) is 0 Å². The van der Waals surface area contributed by atoms with Crippen LogP contribution < -0.4 is 5.14 Å². The Hall–Kier alpha value is -0.330. The van der Waals surface area contributed by atoms with Gasteiger partial charge in [0.1, 0.15) is 24.9 Å². The molecule has 96 valence electrons. The zero-order chi connectivity index (χ0) is 12.6. The minimum Gasteiger partial charge on any atom is -0.388 e. The van der Waals surface area contributed by atoms with Crippen LogP contribution in [-0.2, 0) is 19.2 Å². The molecule has 1 rings (SSSR count). The zero-order valence-electron chi connectivity index (χ0n) is 8.05. The lowest BCUT2D eigenvalue weighted by molar-refractivity contribution is -0.328. The Morgan fingerprint density at radius 2 is 2.00 bits per heavy atom. The summed E-state index contributed by atoms with van der Waals surface area (Å²) >= 11 is 0. The molecule has 1 saturated heterocycles. The number of rotatable bonds is 3. The van der Waals surface area contributed by atoms with E-state index >= 15 is 0 Å². The predicted octanol–water partition coefficient (Wildman–Crippen LogP) is -3.99. The maximum absolute atomic E-state index is 10.5. The first-order valence-electron chi connectivity index (χ1n) is 4.23. The number of aliphatic hydroxyl groups is 4. The molecule has 1 fully saturated rings. The molecule has 0 aliphatic carbocycles. The standard InChI is InChI=1S/C6H13NO8S/c7-16(12,13)15-2-6(11)5(10)4(9)3(8)1-14-6/h3-5,8-11H,1-2H2,(H2,7,12,13)/t3-,4+,5-,6?/m1/s1. The molecule has 9 nitrogen and oxygen atoms in total. The van der Waals surface area contributed by atoms with Gasteiger partial charge in [-0.05, 0) is 0 Å². The van der Waals surface area contributed by atoms with Crippen LogP contribution in [-0.4, -0.2) is 66.2 Å². The SMILES string of the molecule is NS(=O)(=O)OCC1(O)OC[C@@H](O)[C@H](O)[C@H]1O. The highest BCUT2D eigenvalue weighted by atomic mass is 32.2. The lowest BCUT2D eigenvalue weighted by Crippen LogP contribution is -2.63. The van der Waals surface area contributed by atoms with Gasteiger partial charge in [-0.3, -0.25) is 4.18 Å². The minimum absolute atomic E-state index is 0.483. The van der Waals surface area contributed by atoms with Crippen molar-refractivity contribution in [3.05, 3.63) is 0 Å². The van der Waals surface area contributed by atoms with Crippen LogP contribution in [0.5, 0.6) is 0 Å². The Morgan fingerprint density at radius 1 is 1.44 bits per heavy atom. The second-order valence-corrected chi connectivity index (χ2v) is 4.63. The summed E-state index contributed by atoms with van der Waals surface area (Å²) in [5, 5.41) is 41.8. The maximum atomic E-state index is 10.5. The monoisotopic (exact) mass is 259 g/mol. The van der Waals surface area contributed by atoms with E-state index in [1.54, 1.807) is 0 Å². The van der Waals surface area contributed by atoms with Crippen LogP contribution in [0.15, 0.2) is 0 Å². The lowest BCUT2D eigenvalue weighted by atomic mass is 9.98. The van der Waals surface area contributed by atoms with Gasteiger partial charge in [0.2, 0.25) is 5.79 Å². The van der Waals surface area contributed by atoms with E-state index in [0.717, 1.165) is 0 Å². The van der Waals surface area contributed by atoms with Crippen LogP contribution in [0.2, 0.25) is 0 Å². The van der Waals surface area contributed by atoms with Gasteiger partial charge >= 0.3 is 10.3 Å². The normalized spacial score (nSPS) is 40.9. The molecule has 10 heteroatoms. The number of nitrogens with two attached hydrogens (primary N) is 1. The summed E-state index contributed by atoms with van der Waals surface area (Å²) in [6.45, 7) is -1.47. The fraction of sp³-hybridized carbons (Fsp3) is 1.00. The fourth-order valence-electron chi connectivity index (χ4n) is 1.18. The van der Waals surface area contributed by atoms with Crippen molar-refractivity contribution < 1.29 is 37.8 Å². The van der Waals surface area contributed by atoms with Crippen LogP contribution in [0.4, 0.5) is 0 Å². The molecule has 4 atom stereocenters. The van der Waals surface area contributed by atoms with Crippen molar-refractivity contribution in [2.75, 3.05) is 13.2 Å². The number of hydrogen-bond donors (Lipinski definition) is 5. The van der Waals surface area contributed by atoms with E-state index in [-0.39, 0.29) is 0 Å². The molecule has 0 saturated carbocycles. The maximum Gasteiger partial charge on any atom is 0.333 e. The highest BCUT2D eigenvalue weighted by molar-refractivity contribution is 7.84. The fourth-order valence-corrected chi connectivity index (χ4v) is 1.52. The van der Waals surface area contributed by atoms with Crippen LogP contribution in [0, 0.1) is 0 Å². The molecule has 0 spiro atoms. The van der Waals surface area contributed by atoms with Crippen molar-refractivity contribution >= 4 is 10.3 Å². The Morgan fingerprint density at radius 3 is 2.50 bits per heavy atom. The van der Waals surface area contributed by atoms with E-state index in [2.05, 4.69) is 14.1 Å². The second kappa shape index (κ2) is 4.50. The number of hydrogen-bond acceptors (Lipinski definition) is 8. The van der Waals surface area contributed by atoms with Gasteiger partial charge in [0.15, 0.2) is 0 Å². The summed E-state index contributed by atoms with van der Waals surface area (Å²) < 4.78 is 29.6. The summed E-state index contributed by atoms with van der Waals surface area (Å²) in [6.07, 6.45) is -4.98. The lowest BCUT2D eigenvalue weighted by Gasteiger charge is -2.40. The van der Waals surface area contributed by atoms with Crippen molar-refractivity contribution in [2.24, 2.45) is 5.14 Å². The highest BCUT2D eigenvalue weighted by Gasteiger charge is 2.49. The second-order valence-electron chi connectivity index (χ2n) is 3.41. The first-order chi connectivity index (χ1) is 7.16. The summed E-state index contributed by atoms with van der Waals surface area (Å²) in [5.41, 5.74) is 0. The van der Waals surface area contributed by atoms with Crippen LogP contribution in [0.25, 0.3) is 0 Å². The molecule has 1 aliphatic rings. The van der Waals surface area contributed by atoms with Gasteiger partial charge in [-0.2, -0.15) is 8.42 Å². The molecule has 0 bridgehead atoms. The first-order valence-corrected chi connectivity index (χ1v) is 5.70. The molecule has 1 unspecified atom stereocenters. The Bertz CT molecular complexity index is 344. The van der Waals surface area contributed by atoms with E-state index in [1.807, 2.05) is 0 Å². The topological polar surface area (TPSA) is 160 Å². The van der Waals surface area contributed by atoms with Crippen molar-refractivity contribution in [2.45, 2.75) is 24.1 Å². The Balaban J connectivity index is 2.70. The van der Waals surface area contributed by atoms with Gasteiger partial charge in [-0.25, -0.2) is 5.14 Å². The molecular formula is C6H13NO8S. The van der Waals surface area contributed by atoms with E-state index in [1.165, 1.54) is 0 Å². The summed E-state index contributed by atoms with van der Waals surface area (Å²) in [7, 11) is -4.31. The van der Waals surface area contributed by atoms with E-state index in [4.69, 9.17) is 5.11 Å². The third-order valence-corrected chi connectivity index (χ3v) is 2.56. The smallest absolute Gasteiger partial charge is 0.333 e. The molecule has 0 aromatic carbocycles. The summed E-state index contributed by atoms with van der Waals surface area (Å²) in [4.78, 5) is 0. The molecule has 1 heterocycles. The highest BCUT2D eigenvalue weighted by Crippen LogP contribution is 2.24. The van der Waals surface area contributed by atoms with Crippen LogP contribution >= 0.6 is 0 Å². The average Bonchev–Trinajstić information content (AvgIpc) is 2.18. The van der Waals surface area contributed by atoms with Gasteiger partial charge in [0, 0.05) is 0 Å². The van der Waals surface area contributed by atoms with Crippen LogP contribution in [0.1, 0.15) is 0 Å². The largest absolute Gasteiger partial charge is 0.388 e. The molecule has 0 aromatic rings. The van der Waals surface area contributed by atoms with Gasteiger partial charge in [-0.1, -0.05) is 0 Å². The van der Waals surface area contributed by atoms with Crippen molar-refractivity contribution in [1.82, 2.24) is 0 Å². The van der Waals surface area contributed by atoms with Gasteiger partial charge in [0.05, 0.1) is 6.61 Å². The predicted molar refractivity (Wildman–Crippen MR) is 48.0 cm³/mol. The molecular weight excluding hydrogens is 246 g/mol. The van der Waals surface area contributed by atoms with Crippen molar-refractivity contribution in [3.63, 3.8) is 0 Å². The molecule has 16 heavy (non-hydrogen) atoms. The quantitative estimate of drug-likeness (QED) is 0.343. The summed E-state index contributed by atoms with van der Waals surface area (Å²) in [5.74, 6) is -2.44. The van der Waals surface area contributed by atoms with Gasteiger partial charge < -0.3 is 25.2 Å². The third-order valence-electron chi connectivity index (χ3n) is 2.11. The first kappa shape index (κ1) is 13.7. The van der Waals surface area contributed by atoms with Crippen molar-refractivity contribution in [3.8, 4) is 0 Å². The molecule has 0 radical (unpaired) electrons. The number of aliphatic hydroxyl groups excluding tert-OH is 3. The Labute approximate surface area is 91.3 Å². The number of ether oxygens (including phenoxy) is 1. The third kappa shape index (κ3) is 3.09. The Kier molecular flexibility index (Phi) is 3.87. The molecule has 6 N–H and O–H groups in total. The van der Waals surface area contributed by atoms with E-state index < -0.39 is 47.6 Å². The zero-order valence-corrected chi connectivity index (χ0v) is 8.87. The molecule has 0 amide bonds. The van der Waals surface area contributed by atoms with E-state index in [9.17, 15) is 23.7 Å². The van der Waals surface area contributed by atoms with Crippen molar-refractivity contribution in [1.29, 1.82) is 0 Å². The van der Waals surface area contributed by atoms with Gasteiger partial charge in [0.25, 0.3) is 0 Å². The molecule has 1 aliphatic heterocycles. The summed E-state index contributed by atoms with van der Waals surface area (Å²) in [6, 6.07) is 0.